The Kier molecular flexibility index (Phi) is 6.07. The number of nitrogens with one attached hydrogen (secondary N) is 2. The molecule has 0 atom stereocenters. The number of amides is 1. The fourth-order valence-corrected chi connectivity index (χ4v) is 3.38. The third-order valence-electron chi connectivity index (χ3n) is 5.01. The Morgan fingerprint density at radius 1 is 1.12 bits per heavy atom. The molecule has 9 nitrogen and oxygen atoms in total. The number of pyridine rings is 2. The first kappa shape index (κ1) is 21.0. The van der Waals surface area contributed by atoms with Crippen LogP contribution in [-0.4, -0.2) is 39.5 Å². The van der Waals surface area contributed by atoms with Crippen molar-refractivity contribution in [2.75, 3.05) is 19.0 Å². The van der Waals surface area contributed by atoms with Gasteiger partial charge in [-0.3, -0.25) is 14.6 Å². The molecule has 0 aliphatic carbocycles. The van der Waals surface area contributed by atoms with Crippen molar-refractivity contribution < 1.29 is 9.53 Å². The number of H-pyrrole nitrogens is 1. The number of aromatic amines is 1. The van der Waals surface area contributed by atoms with Crippen LogP contribution in [0.15, 0.2) is 59.8 Å². The van der Waals surface area contributed by atoms with E-state index in [9.17, 15) is 9.59 Å². The largest absolute Gasteiger partial charge is 0.480 e. The molecule has 3 heterocycles. The van der Waals surface area contributed by atoms with E-state index in [1.54, 1.807) is 30.6 Å². The van der Waals surface area contributed by atoms with Crippen LogP contribution in [0, 0.1) is 0 Å². The zero-order valence-electron chi connectivity index (χ0n) is 17.5. The number of carbonyl (C=O) groups excluding carboxylic acids is 1. The summed E-state index contributed by atoms with van der Waals surface area (Å²) < 4.78 is 5.16. The second-order valence-corrected chi connectivity index (χ2v) is 7.17. The molecule has 0 saturated carbocycles. The number of aryl methyl sites for hydroxylation is 1. The molecule has 0 unspecified atom stereocenters. The summed E-state index contributed by atoms with van der Waals surface area (Å²) in [5, 5.41) is 4.51. The molecule has 0 fully saturated rings. The molecule has 0 aliphatic heterocycles. The Hall–Kier alpha value is -4.27. The van der Waals surface area contributed by atoms with Crippen LogP contribution >= 0.6 is 0 Å². The maximum absolute atomic E-state index is 12.5. The number of methoxy groups -OCH3 is 1. The van der Waals surface area contributed by atoms with E-state index in [-0.39, 0.29) is 5.56 Å². The van der Waals surface area contributed by atoms with Crippen molar-refractivity contribution in [1.29, 1.82) is 0 Å². The lowest BCUT2D eigenvalue weighted by molar-refractivity contribution is 0.100. The van der Waals surface area contributed by atoms with Gasteiger partial charge in [-0.05, 0) is 48.1 Å². The van der Waals surface area contributed by atoms with Crippen LogP contribution in [0.1, 0.15) is 22.3 Å². The summed E-state index contributed by atoms with van der Waals surface area (Å²) in [5.41, 5.74) is 7.76. The summed E-state index contributed by atoms with van der Waals surface area (Å²) in [7, 11) is 1.52. The number of carbonyl (C=O) groups is 1. The minimum Gasteiger partial charge on any atom is -0.480 e. The second kappa shape index (κ2) is 9.25. The fraction of sp³-hybridized carbons (Fsp3) is 0.174. The van der Waals surface area contributed by atoms with Crippen LogP contribution in [0.2, 0.25) is 0 Å². The highest BCUT2D eigenvalue weighted by atomic mass is 16.5. The van der Waals surface area contributed by atoms with E-state index in [4.69, 9.17) is 10.5 Å². The van der Waals surface area contributed by atoms with E-state index in [0.717, 1.165) is 23.8 Å². The van der Waals surface area contributed by atoms with E-state index >= 15 is 0 Å². The number of benzene rings is 1. The van der Waals surface area contributed by atoms with Crippen molar-refractivity contribution in [3.05, 3.63) is 76.5 Å². The Bertz CT molecular complexity index is 1320. The molecule has 0 aliphatic rings. The van der Waals surface area contributed by atoms with E-state index in [1.807, 2.05) is 18.2 Å². The minimum atomic E-state index is -0.443. The van der Waals surface area contributed by atoms with Gasteiger partial charge in [0.05, 0.1) is 30.6 Å². The highest BCUT2D eigenvalue weighted by molar-refractivity contribution is 5.93. The molecule has 4 N–H and O–H groups in total. The lowest BCUT2D eigenvalue weighted by atomic mass is 10.1. The number of nitrogens with zero attached hydrogens (tertiary/aromatic N) is 3. The minimum absolute atomic E-state index is 0.220. The van der Waals surface area contributed by atoms with Crippen LogP contribution < -0.4 is 21.3 Å². The lowest BCUT2D eigenvalue weighted by Crippen LogP contribution is -2.12. The van der Waals surface area contributed by atoms with Gasteiger partial charge >= 0.3 is 0 Å². The second-order valence-electron chi connectivity index (χ2n) is 7.17. The van der Waals surface area contributed by atoms with Crippen LogP contribution in [0.5, 0.6) is 5.88 Å². The van der Waals surface area contributed by atoms with Gasteiger partial charge in [0.15, 0.2) is 0 Å². The van der Waals surface area contributed by atoms with Gasteiger partial charge in [-0.15, -0.1) is 0 Å². The number of primary amides is 1. The Morgan fingerprint density at radius 3 is 2.69 bits per heavy atom. The van der Waals surface area contributed by atoms with Crippen LogP contribution in [0.4, 0.5) is 5.82 Å². The molecule has 1 amide bonds. The predicted octanol–water partition coefficient (Wildman–Crippen LogP) is 2.53. The van der Waals surface area contributed by atoms with Gasteiger partial charge in [0.1, 0.15) is 11.5 Å². The Balaban J connectivity index is 1.55. The summed E-state index contributed by atoms with van der Waals surface area (Å²) in [4.78, 5) is 39.5. The van der Waals surface area contributed by atoms with Crippen LogP contribution in [-0.2, 0) is 6.42 Å². The Labute approximate surface area is 183 Å². The lowest BCUT2D eigenvalue weighted by Gasteiger charge is -2.11. The first-order chi connectivity index (χ1) is 15.5. The Morgan fingerprint density at radius 2 is 1.94 bits per heavy atom. The predicted molar refractivity (Wildman–Crippen MR) is 122 cm³/mol. The molecular formula is C23H22N6O3. The molecule has 162 valence electrons. The highest BCUT2D eigenvalue weighted by Crippen LogP contribution is 2.25. The molecule has 32 heavy (non-hydrogen) atoms. The van der Waals surface area contributed by atoms with Gasteiger partial charge < -0.3 is 20.8 Å². The first-order valence-corrected chi connectivity index (χ1v) is 10.1. The van der Waals surface area contributed by atoms with E-state index in [1.165, 1.54) is 13.3 Å². The highest BCUT2D eigenvalue weighted by Gasteiger charge is 2.12. The molecule has 9 heteroatoms. The van der Waals surface area contributed by atoms with Gasteiger partial charge in [-0.25, -0.2) is 9.97 Å². The summed E-state index contributed by atoms with van der Waals surface area (Å²) in [5.74, 6) is 0.419. The zero-order chi connectivity index (χ0) is 22.5. The van der Waals surface area contributed by atoms with Gasteiger partial charge in [0.2, 0.25) is 11.8 Å². The number of aromatic nitrogens is 4. The third kappa shape index (κ3) is 4.56. The molecule has 1 aromatic carbocycles. The van der Waals surface area contributed by atoms with E-state index < -0.39 is 5.91 Å². The maximum Gasteiger partial charge on any atom is 0.259 e. The quantitative estimate of drug-likeness (QED) is 0.365. The fourth-order valence-electron chi connectivity index (χ4n) is 3.38. The number of hydrogen-bond acceptors (Lipinski definition) is 7. The SMILES string of the molecule is COc1cncc(-c2cc3cc[nH]c(=O)c3c(NCCCc3ccc(C(N)=O)cc3)n2)n1. The number of ether oxygens (including phenoxy) is 1. The molecular weight excluding hydrogens is 408 g/mol. The van der Waals surface area contributed by atoms with Crippen molar-refractivity contribution >= 4 is 22.5 Å². The van der Waals surface area contributed by atoms with Crippen molar-refractivity contribution in [1.82, 2.24) is 19.9 Å². The average Bonchev–Trinajstić information content (AvgIpc) is 2.82. The average molecular weight is 430 g/mol. The molecule has 4 rings (SSSR count). The van der Waals surface area contributed by atoms with Gasteiger partial charge in [-0.2, -0.15) is 0 Å². The summed E-state index contributed by atoms with van der Waals surface area (Å²) >= 11 is 0. The van der Waals surface area contributed by atoms with E-state index in [0.29, 0.717) is 40.6 Å². The molecule has 3 aromatic heterocycles. The first-order valence-electron chi connectivity index (χ1n) is 10.1. The van der Waals surface area contributed by atoms with Gasteiger partial charge in [0.25, 0.3) is 5.56 Å². The molecule has 0 bridgehead atoms. The standard InChI is InChI=1S/C23H22N6O3/c1-32-19-13-25-12-18(28-19)17-11-16-8-10-27-23(31)20(16)22(29-17)26-9-2-3-14-4-6-15(7-5-14)21(24)30/h4-8,10-13H,2-3,9H2,1H3,(H2,24,30)(H,26,29)(H,27,31). The van der Waals surface area contributed by atoms with Crippen molar-refractivity contribution in [2.45, 2.75) is 12.8 Å². The van der Waals surface area contributed by atoms with Crippen molar-refractivity contribution in [2.24, 2.45) is 5.73 Å². The topological polar surface area (TPSA) is 136 Å². The molecule has 0 radical (unpaired) electrons. The van der Waals surface area contributed by atoms with Crippen LogP contribution in [0.3, 0.4) is 0 Å². The van der Waals surface area contributed by atoms with Crippen molar-refractivity contribution in [3.63, 3.8) is 0 Å². The zero-order valence-corrected chi connectivity index (χ0v) is 17.5. The molecule has 4 aromatic rings. The van der Waals surface area contributed by atoms with Gasteiger partial charge in [-0.1, -0.05) is 12.1 Å². The van der Waals surface area contributed by atoms with Gasteiger partial charge in [0, 0.05) is 18.3 Å². The number of fused-ring (bicyclic) bond motifs is 1. The molecule has 0 spiro atoms. The summed E-state index contributed by atoms with van der Waals surface area (Å²) in [6, 6.07) is 10.8. The van der Waals surface area contributed by atoms with Crippen LogP contribution in [0.25, 0.3) is 22.2 Å². The normalized spacial score (nSPS) is 10.8. The number of rotatable bonds is 8. The summed E-state index contributed by atoms with van der Waals surface area (Å²) in [6.07, 6.45) is 6.31. The maximum atomic E-state index is 12.5. The van der Waals surface area contributed by atoms with E-state index in [2.05, 4.69) is 25.3 Å². The summed E-state index contributed by atoms with van der Waals surface area (Å²) in [6.45, 7) is 0.598. The number of hydrogen-bond donors (Lipinski definition) is 3. The third-order valence-corrected chi connectivity index (χ3v) is 5.01. The number of nitrogens with two attached hydrogens (primary N) is 1. The van der Waals surface area contributed by atoms with Crippen molar-refractivity contribution in [3.8, 4) is 17.3 Å². The monoisotopic (exact) mass is 430 g/mol. The smallest absolute Gasteiger partial charge is 0.259 e. The molecule has 0 saturated heterocycles. The number of anilines is 1.